The number of hydrogen-bond acceptors (Lipinski definition) is 3. The van der Waals surface area contributed by atoms with Gasteiger partial charge in [0.1, 0.15) is 5.58 Å². The molecule has 2 aromatic rings. The third-order valence-electron chi connectivity index (χ3n) is 3.24. The van der Waals surface area contributed by atoms with Gasteiger partial charge in [0.25, 0.3) is 0 Å². The van der Waals surface area contributed by atoms with Gasteiger partial charge in [0.2, 0.25) is 5.91 Å². The second-order valence-corrected chi connectivity index (χ2v) is 4.60. The van der Waals surface area contributed by atoms with Crippen molar-refractivity contribution in [2.45, 2.75) is 24.9 Å². The Labute approximate surface area is 98.8 Å². The number of benzene rings is 1. The Hall–Kier alpha value is -1.81. The summed E-state index contributed by atoms with van der Waals surface area (Å²) in [4.78, 5) is 11.7. The normalized spacial score (nSPS) is 17.0. The molecule has 0 bridgehead atoms. The maximum absolute atomic E-state index is 11.7. The zero-order valence-corrected chi connectivity index (χ0v) is 9.40. The fourth-order valence-corrected chi connectivity index (χ4v) is 1.88. The fraction of sp³-hybridized carbons (Fsp3) is 0.308. The molecule has 1 amide bonds. The minimum atomic E-state index is -0.612. The van der Waals surface area contributed by atoms with Crippen LogP contribution in [0.5, 0.6) is 0 Å². The first-order valence-electron chi connectivity index (χ1n) is 5.71. The van der Waals surface area contributed by atoms with Crippen molar-refractivity contribution in [2.75, 3.05) is 0 Å². The van der Waals surface area contributed by atoms with E-state index in [1.165, 1.54) is 0 Å². The van der Waals surface area contributed by atoms with Crippen LogP contribution >= 0.6 is 0 Å². The summed E-state index contributed by atoms with van der Waals surface area (Å²) in [7, 11) is 0. The van der Waals surface area contributed by atoms with Gasteiger partial charge in [-0.05, 0) is 18.9 Å². The Bertz CT molecular complexity index is 570. The van der Waals surface area contributed by atoms with Gasteiger partial charge in [0.05, 0.1) is 11.8 Å². The van der Waals surface area contributed by atoms with Crippen LogP contribution in [0.3, 0.4) is 0 Å². The molecule has 0 atom stereocenters. The molecule has 1 saturated carbocycles. The molecular weight excluding hydrogens is 216 g/mol. The van der Waals surface area contributed by atoms with Crippen molar-refractivity contribution in [3.05, 3.63) is 36.1 Å². The van der Waals surface area contributed by atoms with E-state index in [-0.39, 0.29) is 5.91 Å². The third kappa shape index (κ3) is 1.80. The number of furan rings is 1. The summed E-state index contributed by atoms with van der Waals surface area (Å²) in [6.07, 6.45) is 3.25. The molecule has 0 spiro atoms. The number of carbonyl (C=O) groups is 1. The molecule has 0 unspecified atom stereocenters. The number of nitrogens with one attached hydrogen (secondary N) is 1. The molecular formula is C13H14N2O2. The topological polar surface area (TPSA) is 68.3 Å². The molecule has 0 aliphatic heterocycles. The monoisotopic (exact) mass is 230 g/mol. The lowest BCUT2D eigenvalue weighted by atomic mass is 10.1. The van der Waals surface area contributed by atoms with Crippen LogP contribution in [0.2, 0.25) is 0 Å². The number of para-hydroxylation sites is 1. The zero-order valence-electron chi connectivity index (χ0n) is 9.40. The van der Waals surface area contributed by atoms with E-state index in [1.807, 2.05) is 24.3 Å². The Morgan fingerprint density at radius 3 is 2.94 bits per heavy atom. The van der Waals surface area contributed by atoms with Gasteiger partial charge >= 0.3 is 0 Å². The van der Waals surface area contributed by atoms with Crippen molar-refractivity contribution in [2.24, 2.45) is 5.73 Å². The van der Waals surface area contributed by atoms with E-state index in [0.29, 0.717) is 6.54 Å². The highest BCUT2D eigenvalue weighted by Gasteiger charge is 2.45. The zero-order chi connectivity index (χ0) is 11.9. The van der Waals surface area contributed by atoms with Gasteiger partial charge in [0, 0.05) is 17.5 Å². The summed E-state index contributed by atoms with van der Waals surface area (Å²) in [5.74, 6) is -0.0669. The Morgan fingerprint density at radius 2 is 2.18 bits per heavy atom. The number of hydrogen-bond donors (Lipinski definition) is 2. The molecule has 1 aromatic heterocycles. The van der Waals surface area contributed by atoms with Gasteiger partial charge in [-0.25, -0.2) is 0 Å². The smallest absolute Gasteiger partial charge is 0.240 e. The molecule has 1 aliphatic rings. The molecule has 1 aromatic carbocycles. The largest absolute Gasteiger partial charge is 0.464 e. The summed E-state index contributed by atoms with van der Waals surface area (Å²) < 4.78 is 5.40. The van der Waals surface area contributed by atoms with E-state index < -0.39 is 5.54 Å². The van der Waals surface area contributed by atoms with Gasteiger partial charge in [-0.1, -0.05) is 18.2 Å². The van der Waals surface area contributed by atoms with Crippen LogP contribution in [-0.4, -0.2) is 11.4 Å². The van der Waals surface area contributed by atoms with Gasteiger partial charge < -0.3 is 15.5 Å². The molecule has 1 fully saturated rings. The highest BCUT2D eigenvalue weighted by atomic mass is 16.3. The molecule has 4 heteroatoms. The van der Waals surface area contributed by atoms with Gasteiger partial charge in [-0.15, -0.1) is 0 Å². The summed E-state index contributed by atoms with van der Waals surface area (Å²) in [5.41, 5.74) is 7.02. The van der Waals surface area contributed by atoms with Crippen LogP contribution in [0.25, 0.3) is 11.0 Å². The average molecular weight is 230 g/mol. The SMILES string of the molecule is NC1(C(=O)NCc2coc3ccccc23)CC1. The lowest BCUT2D eigenvalue weighted by molar-refractivity contribution is -0.123. The summed E-state index contributed by atoms with van der Waals surface area (Å²) in [6.45, 7) is 0.467. The van der Waals surface area contributed by atoms with E-state index in [2.05, 4.69) is 5.32 Å². The average Bonchev–Trinajstić information content (AvgIpc) is 2.97. The Kier molecular flexibility index (Phi) is 2.19. The van der Waals surface area contributed by atoms with E-state index in [0.717, 1.165) is 29.4 Å². The van der Waals surface area contributed by atoms with E-state index in [4.69, 9.17) is 10.2 Å². The first kappa shape index (κ1) is 10.4. The quantitative estimate of drug-likeness (QED) is 0.840. The van der Waals surface area contributed by atoms with Crippen molar-refractivity contribution in [3.63, 3.8) is 0 Å². The van der Waals surface area contributed by atoms with Crippen molar-refractivity contribution in [1.29, 1.82) is 0 Å². The van der Waals surface area contributed by atoms with Gasteiger partial charge in [-0.2, -0.15) is 0 Å². The number of carbonyl (C=O) groups excluding carboxylic acids is 1. The van der Waals surface area contributed by atoms with Crippen molar-refractivity contribution in [1.82, 2.24) is 5.32 Å². The van der Waals surface area contributed by atoms with Crippen molar-refractivity contribution < 1.29 is 9.21 Å². The predicted molar refractivity (Wildman–Crippen MR) is 64.2 cm³/mol. The van der Waals surface area contributed by atoms with E-state index >= 15 is 0 Å². The van der Waals surface area contributed by atoms with E-state index in [9.17, 15) is 4.79 Å². The molecule has 0 radical (unpaired) electrons. The second-order valence-electron chi connectivity index (χ2n) is 4.60. The summed E-state index contributed by atoms with van der Waals surface area (Å²) in [5, 5.41) is 3.89. The van der Waals surface area contributed by atoms with Crippen LogP contribution in [0, 0.1) is 0 Å². The number of rotatable bonds is 3. The second kappa shape index (κ2) is 3.60. The lowest BCUT2D eigenvalue weighted by Gasteiger charge is -2.08. The minimum Gasteiger partial charge on any atom is -0.464 e. The summed E-state index contributed by atoms with van der Waals surface area (Å²) in [6, 6.07) is 7.77. The van der Waals surface area contributed by atoms with Crippen LogP contribution < -0.4 is 11.1 Å². The highest BCUT2D eigenvalue weighted by molar-refractivity contribution is 5.89. The van der Waals surface area contributed by atoms with Crippen LogP contribution in [0.1, 0.15) is 18.4 Å². The molecule has 0 saturated heterocycles. The van der Waals surface area contributed by atoms with Crippen LogP contribution in [-0.2, 0) is 11.3 Å². The van der Waals surface area contributed by atoms with Crippen LogP contribution in [0.15, 0.2) is 34.9 Å². The minimum absolute atomic E-state index is 0.0669. The highest BCUT2D eigenvalue weighted by Crippen LogP contribution is 2.32. The number of nitrogens with two attached hydrogens (primary N) is 1. The molecule has 4 nitrogen and oxygen atoms in total. The fourth-order valence-electron chi connectivity index (χ4n) is 1.88. The third-order valence-corrected chi connectivity index (χ3v) is 3.24. The predicted octanol–water partition coefficient (Wildman–Crippen LogP) is 1.54. The van der Waals surface area contributed by atoms with Crippen molar-refractivity contribution in [3.8, 4) is 0 Å². The van der Waals surface area contributed by atoms with Crippen LogP contribution in [0.4, 0.5) is 0 Å². The standard InChI is InChI=1S/C13H14N2O2/c14-13(5-6-13)12(16)15-7-9-8-17-11-4-2-1-3-10(9)11/h1-4,8H,5-7,14H2,(H,15,16). The maximum Gasteiger partial charge on any atom is 0.240 e. The molecule has 17 heavy (non-hydrogen) atoms. The Balaban J connectivity index is 1.75. The molecule has 1 aliphatic carbocycles. The molecule has 1 heterocycles. The molecule has 3 rings (SSSR count). The summed E-state index contributed by atoms with van der Waals surface area (Å²) >= 11 is 0. The number of amides is 1. The Morgan fingerprint density at radius 1 is 1.41 bits per heavy atom. The first-order chi connectivity index (χ1) is 8.19. The van der Waals surface area contributed by atoms with Gasteiger partial charge in [-0.3, -0.25) is 4.79 Å². The van der Waals surface area contributed by atoms with Crippen molar-refractivity contribution >= 4 is 16.9 Å². The molecule has 3 N–H and O–H groups in total. The maximum atomic E-state index is 11.7. The number of fused-ring (bicyclic) bond motifs is 1. The first-order valence-corrected chi connectivity index (χ1v) is 5.71. The van der Waals surface area contributed by atoms with E-state index in [1.54, 1.807) is 6.26 Å². The van der Waals surface area contributed by atoms with Gasteiger partial charge in [0.15, 0.2) is 0 Å². The lowest BCUT2D eigenvalue weighted by Crippen LogP contribution is -2.42. The molecule has 88 valence electrons.